The molecule has 212 valence electrons. The van der Waals surface area contributed by atoms with Crippen molar-refractivity contribution in [2.75, 3.05) is 46.5 Å². The van der Waals surface area contributed by atoms with Crippen LogP contribution >= 0.6 is 12.4 Å². The van der Waals surface area contributed by atoms with Crippen LogP contribution in [-0.4, -0.2) is 86.5 Å². The Labute approximate surface area is 228 Å². The van der Waals surface area contributed by atoms with E-state index in [1.807, 2.05) is 18.2 Å². The maximum Gasteiger partial charge on any atom is 0.255 e. The Hall–Kier alpha value is -1.91. The zero-order chi connectivity index (χ0) is 26.5. The summed E-state index contributed by atoms with van der Waals surface area (Å²) < 4.78 is 10.9. The third-order valence-corrected chi connectivity index (χ3v) is 6.79. The lowest BCUT2D eigenvalue weighted by Crippen LogP contribution is -2.46. The molecular formula is C27H47ClN4O5. The minimum Gasteiger partial charge on any atom is -0.493 e. The second-order valence-electron chi connectivity index (χ2n) is 10.2. The number of ether oxygens (including phenoxy) is 2. The maximum absolute atomic E-state index is 13.0. The van der Waals surface area contributed by atoms with E-state index in [-0.39, 0.29) is 42.1 Å². The van der Waals surface area contributed by atoms with Crippen LogP contribution in [0.2, 0.25) is 0 Å². The third kappa shape index (κ3) is 12.0. The van der Waals surface area contributed by atoms with Gasteiger partial charge in [-0.2, -0.15) is 0 Å². The Kier molecular flexibility index (Phi) is 15.7. The van der Waals surface area contributed by atoms with Gasteiger partial charge in [-0.25, -0.2) is 0 Å². The minimum atomic E-state index is -0.676. The highest BCUT2D eigenvalue weighted by Crippen LogP contribution is 2.21. The van der Waals surface area contributed by atoms with Gasteiger partial charge < -0.3 is 30.9 Å². The number of unbranched alkanes of at least 4 members (excludes halogenated alkanes) is 1. The summed E-state index contributed by atoms with van der Waals surface area (Å²) in [5.41, 5.74) is 6.91. The highest BCUT2D eigenvalue weighted by Gasteiger charge is 2.28. The molecule has 0 radical (unpaired) electrons. The van der Waals surface area contributed by atoms with E-state index in [0.717, 1.165) is 32.4 Å². The Balaban J connectivity index is 0.00000684. The SMILES string of the molecule is COCCCCOc1ccccc1C(=O)NCC(CC(N)C(O)CN1CCC(NC(C)=O)C1)C(C)C.Cl. The molecule has 0 bridgehead atoms. The lowest BCUT2D eigenvalue weighted by atomic mass is 9.87. The van der Waals surface area contributed by atoms with Crippen LogP contribution < -0.4 is 21.1 Å². The van der Waals surface area contributed by atoms with E-state index < -0.39 is 12.1 Å². The predicted molar refractivity (Wildman–Crippen MR) is 148 cm³/mol. The van der Waals surface area contributed by atoms with Crippen LogP contribution in [0.25, 0.3) is 0 Å². The number of methoxy groups -OCH3 is 1. The number of β-amino-alcohol motifs (C(OH)–C–C–N with tert-alkyl or cyclic N) is 1. The van der Waals surface area contributed by atoms with E-state index in [4.69, 9.17) is 15.2 Å². The monoisotopic (exact) mass is 542 g/mol. The van der Waals surface area contributed by atoms with Gasteiger partial charge in [-0.3, -0.25) is 14.5 Å². The van der Waals surface area contributed by atoms with Crippen LogP contribution in [0.4, 0.5) is 0 Å². The summed E-state index contributed by atoms with van der Waals surface area (Å²) in [5.74, 6) is 0.766. The van der Waals surface area contributed by atoms with Gasteiger partial charge in [0.05, 0.1) is 18.3 Å². The van der Waals surface area contributed by atoms with Gasteiger partial charge in [0.25, 0.3) is 5.91 Å². The van der Waals surface area contributed by atoms with Crippen LogP contribution in [0.5, 0.6) is 5.75 Å². The van der Waals surface area contributed by atoms with E-state index >= 15 is 0 Å². The van der Waals surface area contributed by atoms with Crippen molar-refractivity contribution < 1.29 is 24.2 Å². The van der Waals surface area contributed by atoms with Gasteiger partial charge >= 0.3 is 0 Å². The van der Waals surface area contributed by atoms with Crippen LogP contribution in [-0.2, 0) is 9.53 Å². The molecule has 2 amide bonds. The summed E-state index contributed by atoms with van der Waals surface area (Å²) in [6.07, 6.45) is 2.55. The average Bonchev–Trinajstić information content (AvgIpc) is 3.27. The summed E-state index contributed by atoms with van der Waals surface area (Å²) >= 11 is 0. The largest absolute Gasteiger partial charge is 0.493 e. The first-order valence-electron chi connectivity index (χ1n) is 13.1. The predicted octanol–water partition coefficient (Wildman–Crippen LogP) is 2.20. The van der Waals surface area contributed by atoms with Crippen molar-refractivity contribution in [1.82, 2.24) is 15.5 Å². The molecular weight excluding hydrogens is 496 g/mol. The summed E-state index contributed by atoms with van der Waals surface area (Å²) in [6.45, 7) is 9.43. The van der Waals surface area contributed by atoms with Gasteiger partial charge in [-0.15, -0.1) is 12.4 Å². The summed E-state index contributed by atoms with van der Waals surface area (Å²) in [7, 11) is 1.68. The summed E-state index contributed by atoms with van der Waals surface area (Å²) in [5, 5.41) is 16.7. The standard InChI is InChI=1S/C27H46N4O5.ClH/c1-19(2)21(15-24(28)25(33)18-31-12-11-22(17-31)30-20(3)32)16-29-27(34)23-9-5-6-10-26(23)36-14-8-7-13-35-4;/h5-6,9-10,19,21-22,24-25,33H,7-8,11-18,28H2,1-4H3,(H,29,34)(H,30,32);1H. The minimum absolute atomic E-state index is 0. The second-order valence-corrected chi connectivity index (χ2v) is 10.2. The molecule has 1 aromatic carbocycles. The number of para-hydroxylation sites is 1. The van der Waals surface area contributed by atoms with E-state index in [2.05, 4.69) is 29.4 Å². The van der Waals surface area contributed by atoms with Crippen molar-refractivity contribution in [3.63, 3.8) is 0 Å². The molecule has 4 atom stereocenters. The first kappa shape index (κ1) is 33.1. The molecule has 37 heavy (non-hydrogen) atoms. The smallest absolute Gasteiger partial charge is 0.255 e. The molecule has 1 aromatic rings. The number of benzene rings is 1. The maximum atomic E-state index is 13.0. The van der Waals surface area contributed by atoms with E-state index in [9.17, 15) is 14.7 Å². The Bertz CT molecular complexity index is 813. The van der Waals surface area contributed by atoms with Gasteiger partial charge in [-0.05, 0) is 49.7 Å². The topological polar surface area (TPSA) is 126 Å². The van der Waals surface area contributed by atoms with Gasteiger partial charge in [0.15, 0.2) is 0 Å². The highest BCUT2D eigenvalue weighted by molar-refractivity contribution is 5.96. The molecule has 1 saturated heterocycles. The number of halogens is 1. The molecule has 2 rings (SSSR count). The lowest BCUT2D eigenvalue weighted by molar-refractivity contribution is -0.119. The molecule has 1 heterocycles. The number of amides is 2. The number of carbonyl (C=O) groups excluding carboxylic acids is 2. The number of nitrogens with two attached hydrogens (primary N) is 1. The molecule has 1 aliphatic heterocycles. The van der Waals surface area contributed by atoms with Crippen molar-refractivity contribution in [3.05, 3.63) is 29.8 Å². The third-order valence-electron chi connectivity index (χ3n) is 6.79. The van der Waals surface area contributed by atoms with Crippen molar-refractivity contribution in [2.24, 2.45) is 17.6 Å². The molecule has 0 aromatic heterocycles. The molecule has 5 N–H and O–H groups in total. The fourth-order valence-electron chi connectivity index (χ4n) is 4.53. The van der Waals surface area contributed by atoms with Crippen molar-refractivity contribution in [3.8, 4) is 5.75 Å². The van der Waals surface area contributed by atoms with Crippen LogP contribution in [0.1, 0.15) is 56.8 Å². The molecule has 0 saturated carbocycles. The zero-order valence-electron chi connectivity index (χ0n) is 22.8. The van der Waals surface area contributed by atoms with Crippen LogP contribution in [0.15, 0.2) is 24.3 Å². The fraction of sp³-hybridized carbons (Fsp3) is 0.704. The Morgan fingerprint density at radius 3 is 2.59 bits per heavy atom. The Morgan fingerprint density at radius 1 is 1.22 bits per heavy atom. The van der Waals surface area contributed by atoms with Gasteiger partial charge in [-0.1, -0.05) is 26.0 Å². The number of aliphatic hydroxyl groups is 1. The molecule has 1 aliphatic rings. The molecule has 0 aliphatic carbocycles. The normalized spacial score (nSPS) is 18.1. The molecule has 0 spiro atoms. The fourth-order valence-corrected chi connectivity index (χ4v) is 4.53. The van der Waals surface area contributed by atoms with Crippen LogP contribution in [0, 0.1) is 11.8 Å². The number of rotatable bonds is 16. The first-order chi connectivity index (χ1) is 17.2. The molecule has 4 unspecified atom stereocenters. The number of nitrogens with zero attached hydrogens (tertiary/aromatic N) is 1. The lowest BCUT2D eigenvalue weighted by Gasteiger charge is -2.29. The van der Waals surface area contributed by atoms with Gasteiger partial charge in [0, 0.05) is 58.9 Å². The number of carbonyl (C=O) groups is 2. The molecule has 10 heteroatoms. The van der Waals surface area contributed by atoms with Gasteiger partial charge in [0.1, 0.15) is 5.75 Å². The van der Waals surface area contributed by atoms with E-state index in [1.165, 1.54) is 6.92 Å². The molecule has 1 fully saturated rings. The summed E-state index contributed by atoms with van der Waals surface area (Å²) in [6, 6.07) is 6.99. The van der Waals surface area contributed by atoms with Crippen molar-refractivity contribution in [1.29, 1.82) is 0 Å². The number of hydrogen-bond acceptors (Lipinski definition) is 7. The number of nitrogens with one attached hydrogen (secondary N) is 2. The van der Waals surface area contributed by atoms with E-state index in [1.54, 1.807) is 13.2 Å². The quantitative estimate of drug-likeness (QED) is 0.236. The summed E-state index contributed by atoms with van der Waals surface area (Å²) in [4.78, 5) is 26.4. The van der Waals surface area contributed by atoms with Crippen molar-refractivity contribution >= 4 is 24.2 Å². The first-order valence-corrected chi connectivity index (χ1v) is 13.1. The van der Waals surface area contributed by atoms with Crippen molar-refractivity contribution in [2.45, 2.75) is 64.6 Å². The van der Waals surface area contributed by atoms with Crippen LogP contribution in [0.3, 0.4) is 0 Å². The highest BCUT2D eigenvalue weighted by atomic mass is 35.5. The molecule has 9 nitrogen and oxygen atoms in total. The number of likely N-dealkylation sites (tertiary alicyclic amines) is 1. The van der Waals surface area contributed by atoms with E-state index in [0.29, 0.717) is 44.0 Å². The number of hydrogen-bond donors (Lipinski definition) is 4. The zero-order valence-corrected chi connectivity index (χ0v) is 23.6. The van der Waals surface area contributed by atoms with Gasteiger partial charge in [0.2, 0.25) is 5.91 Å². The Morgan fingerprint density at radius 2 is 1.92 bits per heavy atom. The number of aliphatic hydroxyl groups excluding tert-OH is 1. The second kappa shape index (κ2) is 17.6. The average molecular weight is 543 g/mol.